The summed E-state index contributed by atoms with van der Waals surface area (Å²) in [5.41, 5.74) is 6.21. The third-order valence-electron chi connectivity index (χ3n) is 3.14. The Morgan fingerprint density at radius 1 is 1.40 bits per heavy atom. The second kappa shape index (κ2) is 6.92. The van der Waals surface area contributed by atoms with Gasteiger partial charge in [-0.2, -0.15) is 0 Å². The van der Waals surface area contributed by atoms with E-state index in [0.29, 0.717) is 31.2 Å². The van der Waals surface area contributed by atoms with Crippen LogP contribution in [0.4, 0.5) is 5.69 Å². The highest BCUT2D eigenvalue weighted by Gasteiger charge is 2.18. The van der Waals surface area contributed by atoms with Gasteiger partial charge in [0.15, 0.2) is 0 Å². The van der Waals surface area contributed by atoms with Crippen LogP contribution in [0.1, 0.15) is 6.42 Å². The second-order valence-corrected chi connectivity index (χ2v) is 6.71. The molecule has 2 rings (SSSR count). The number of rotatable bonds is 7. The van der Waals surface area contributed by atoms with E-state index in [1.165, 1.54) is 0 Å². The smallest absolute Gasteiger partial charge is 0.214 e. The molecule has 1 aliphatic heterocycles. The number of benzene rings is 1. The Kier molecular flexibility index (Phi) is 5.22. The van der Waals surface area contributed by atoms with E-state index in [9.17, 15) is 8.42 Å². The molecule has 1 atom stereocenters. The average molecular weight is 300 g/mol. The first-order chi connectivity index (χ1) is 9.57. The first-order valence-electron chi connectivity index (χ1n) is 6.59. The van der Waals surface area contributed by atoms with Crippen molar-refractivity contribution in [3.8, 4) is 5.75 Å². The molecule has 7 heteroatoms. The molecule has 1 heterocycles. The van der Waals surface area contributed by atoms with Gasteiger partial charge in [-0.15, -0.1) is 0 Å². The molecular formula is C13H20N2O4S. The maximum Gasteiger partial charge on any atom is 0.214 e. The van der Waals surface area contributed by atoms with Crippen LogP contribution in [-0.2, 0) is 14.8 Å². The number of nitrogens with two attached hydrogens (primary N) is 1. The normalized spacial score (nSPS) is 19.1. The summed E-state index contributed by atoms with van der Waals surface area (Å²) in [7, 11) is -3.32. The summed E-state index contributed by atoms with van der Waals surface area (Å²) in [6.45, 7) is 1.84. The van der Waals surface area contributed by atoms with E-state index in [1.54, 1.807) is 24.3 Å². The third-order valence-corrected chi connectivity index (χ3v) is 4.46. The van der Waals surface area contributed by atoms with E-state index >= 15 is 0 Å². The third kappa shape index (κ3) is 4.66. The molecule has 1 aromatic rings. The summed E-state index contributed by atoms with van der Waals surface area (Å²) in [5, 5.41) is 0. The molecule has 0 bridgehead atoms. The lowest BCUT2D eigenvalue weighted by molar-refractivity contribution is 0.186. The van der Waals surface area contributed by atoms with Crippen LogP contribution in [0.2, 0.25) is 0 Å². The van der Waals surface area contributed by atoms with Gasteiger partial charge in [-0.25, -0.2) is 13.1 Å². The molecule has 20 heavy (non-hydrogen) atoms. The van der Waals surface area contributed by atoms with Crippen LogP contribution in [0.3, 0.4) is 0 Å². The summed E-state index contributed by atoms with van der Waals surface area (Å²) in [4.78, 5) is 0. The highest BCUT2D eigenvalue weighted by atomic mass is 32.2. The molecule has 1 aliphatic rings. The number of nitrogens with one attached hydrogen (secondary N) is 1. The molecule has 0 spiro atoms. The molecule has 1 fully saturated rings. The molecule has 3 N–H and O–H groups in total. The van der Waals surface area contributed by atoms with Crippen molar-refractivity contribution in [1.29, 1.82) is 0 Å². The molecule has 1 unspecified atom stereocenters. The number of ether oxygens (including phenoxy) is 2. The summed E-state index contributed by atoms with van der Waals surface area (Å²) in [6.07, 6.45) is 0.902. The van der Waals surface area contributed by atoms with Gasteiger partial charge in [0.05, 0.1) is 18.0 Å². The second-order valence-electron chi connectivity index (χ2n) is 4.78. The number of hydrogen-bond acceptors (Lipinski definition) is 5. The number of para-hydroxylation sites is 2. The van der Waals surface area contributed by atoms with Gasteiger partial charge in [0.2, 0.25) is 10.0 Å². The van der Waals surface area contributed by atoms with E-state index in [2.05, 4.69) is 4.72 Å². The Balaban J connectivity index is 1.73. The van der Waals surface area contributed by atoms with Gasteiger partial charge in [0, 0.05) is 13.2 Å². The van der Waals surface area contributed by atoms with Crippen LogP contribution >= 0.6 is 0 Å². The average Bonchev–Trinajstić information content (AvgIpc) is 2.92. The molecule has 1 saturated heterocycles. The van der Waals surface area contributed by atoms with Crippen LogP contribution in [0.15, 0.2) is 24.3 Å². The zero-order valence-electron chi connectivity index (χ0n) is 11.2. The molecule has 0 aromatic heterocycles. The van der Waals surface area contributed by atoms with Gasteiger partial charge in [0.25, 0.3) is 0 Å². The highest BCUT2D eigenvalue weighted by Crippen LogP contribution is 2.19. The Labute approximate surface area is 119 Å². The van der Waals surface area contributed by atoms with Crippen molar-refractivity contribution in [3.05, 3.63) is 24.3 Å². The molecule has 0 radical (unpaired) electrons. The summed E-state index contributed by atoms with van der Waals surface area (Å²) >= 11 is 0. The summed E-state index contributed by atoms with van der Waals surface area (Å²) < 4.78 is 36.8. The van der Waals surface area contributed by atoms with Crippen molar-refractivity contribution in [1.82, 2.24) is 4.72 Å². The number of hydrogen-bond donors (Lipinski definition) is 2. The Bertz CT molecular complexity index is 527. The molecule has 1 aromatic carbocycles. The van der Waals surface area contributed by atoms with Crippen molar-refractivity contribution in [3.63, 3.8) is 0 Å². The largest absolute Gasteiger partial charge is 0.490 e. The van der Waals surface area contributed by atoms with Crippen LogP contribution in [0, 0.1) is 5.92 Å². The lowest BCUT2D eigenvalue weighted by Gasteiger charge is -2.11. The van der Waals surface area contributed by atoms with Gasteiger partial charge >= 0.3 is 0 Å². The Morgan fingerprint density at radius 3 is 2.90 bits per heavy atom. The Morgan fingerprint density at radius 2 is 2.20 bits per heavy atom. The quantitative estimate of drug-likeness (QED) is 0.720. The fourth-order valence-electron chi connectivity index (χ4n) is 1.93. The highest BCUT2D eigenvalue weighted by molar-refractivity contribution is 7.89. The van der Waals surface area contributed by atoms with E-state index in [-0.39, 0.29) is 18.3 Å². The van der Waals surface area contributed by atoms with Crippen molar-refractivity contribution in [2.24, 2.45) is 5.92 Å². The predicted octanol–water partition coefficient (Wildman–Crippen LogP) is 0.603. The van der Waals surface area contributed by atoms with Gasteiger partial charge in [-0.3, -0.25) is 0 Å². The zero-order chi connectivity index (χ0) is 14.4. The first-order valence-corrected chi connectivity index (χ1v) is 8.24. The van der Waals surface area contributed by atoms with E-state index < -0.39 is 10.0 Å². The van der Waals surface area contributed by atoms with Gasteiger partial charge < -0.3 is 15.2 Å². The van der Waals surface area contributed by atoms with Crippen LogP contribution in [-0.4, -0.2) is 40.5 Å². The predicted molar refractivity (Wildman–Crippen MR) is 77.1 cm³/mol. The fourth-order valence-corrected chi connectivity index (χ4v) is 2.87. The fraction of sp³-hybridized carbons (Fsp3) is 0.538. The molecular weight excluding hydrogens is 280 g/mol. The minimum absolute atomic E-state index is 0.0741. The van der Waals surface area contributed by atoms with E-state index in [0.717, 1.165) is 6.42 Å². The number of anilines is 1. The summed E-state index contributed by atoms with van der Waals surface area (Å²) in [5.74, 6) is 0.692. The van der Waals surface area contributed by atoms with Crippen molar-refractivity contribution >= 4 is 15.7 Å². The molecule has 0 saturated carbocycles. The standard InChI is InChI=1S/C13H20N2O4S/c14-12-3-1-2-4-13(12)19-7-8-20(16,17)15-9-11-5-6-18-10-11/h1-4,11,15H,5-10,14H2. The van der Waals surface area contributed by atoms with Crippen molar-refractivity contribution < 1.29 is 17.9 Å². The Hall–Kier alpha value is -1.31. The molecule has 0 aliphatic carbocycles. The van der Waals surface area contributed by atoms with Gasteiger partial charge in [-0.05, 0) is 24.5 Å². The lowest BCUT2D eigenvalue weighted by atomic mass is 10.1. The number of sulfonamides is 1. The minimum atomic E-state index is -3.32. The lowest BCUT2D eigenvalue weighted by Crippen LogP contribution is -2.33. The number of nitrogen functional groups attached to an aromatic ring is 1. The molecule has 6 nitrogen and oxygen atoms in total. The minimum Gasteiger partial charge on any atom is -0.490 e. The maximum atomic E-state index is 11.8. The first kappa shape index (κ1) is 15.1. The van der Waals surface area contributed by atoms with Crippen molar-refractivity contribution in [2.75, 3.05) is 37.9 Å². The molecule has 112 valence electrons. The van der Waals surface area contributed by atoms with Crippen LogP contribution in [0.5, 0.6) is 5.75 Å². The maximum absolute atomic E-state index is 11.8. The van der Waals surface area contributed by atoms with Crippen LogP contribution < -0.4 is 15.2 Å². The van der Waals surface area contributed by atoms with Crippen molar-refractivity contribution in [2.45, 2.75) is 6.42 Å². The monoisotopic (exact) mass is 300 g/mol. The zero-order valence-corrected chi connectivity index (χ0v) is 12.1. The molecule has 0 amide bonds. The van der Waals surface area contributed by atoms with E-state index in [1.807, 2.05) is 0 Å². The topological polar surface area (TPSA) is 90.7 Å². The SMILES string of the molecule is Nc1ccccc1OCCS(=O)(=O)NCC1CCOC1. The van der Waals surface area contributed by atoms with E-state index in [4.69, 9.17) is 15.2 Å². The summed E-state index contributed by atoms with van der Waals surface area (Å²) in [6, 6.07) is 7.01. The van der Waals surface area contributed by atoms with Gasteiger partial charge in [-0.1, -0.05) is 12.1 Å². The van der Waals surface area contributed by atoms with Gasteiger partial charge in [0.1, 0.15) is 12.4 Å². The van der Waals surface area contributed by atoms with Crippen LogP contribution in [0.25, 0.3) is 0 Å².